The third-order valence-corrected chi connectivity index (χ3v) is 2.83. The van der Waals surface area contributed by atoms with E-state index in [1.165, 1.54) is 0 Å². The van der Waals surface area contributed by atoms with E-state index >= 15 is 0 Å². The van der Waals surface area contributed by atoms with Gasteiger partial charge < -0.3 is 10.3 Å². The van der Waals surface area contributed by atoms with Crippen LogP contribution in [0.5, 0.6) is 0 Å². The normalized spacial score (nSPS) is 12.6. The van der Waals surface area contributed by atoms with Crippen molar-refractivity contribution in [3.05, 3.63) is 35.7 Å². The lowest BCUT2D eigenvalue weighted by Gasteiger charge is -2.06. The summed E-state index contributed by atoms with van der Waals surface area (Å²) < 4.78 is 31.4. The Hall–Kier alpha value is -1.82. The number of halogens is 2. The van der Waals surface area contributed by atoms with E-state index in [0.717, 1.165) is 31.0 Å². The van der Waals surface area contributed by atoms with Crippen LogP contribution in [0, 0.1) is 11.6 Å². The fraction of sp³-hybridized carbons (Fsp3) is 0.385. The van der Waals surface area contributed by atoms with Crippen molar-refractivity contribution in [1.82, 2.24) is 10.1 Å². The Morgan fingerprint density at radius 2 is 1.95 bits per heavy atom. The first kappa shape index (κ1) is 13.6. The minimum Gasteiger partial charge on any atom is -0.339 e. The van der Waals surface area contributed by atoms with Gasteiger partial charge in [0.05, 0.1) is 5.92 Å². The largest absolute Gasteiger partial charge is 0.339 e. The highest BCUT2D eigenvalue weighted by molar-refractivity contribution is 5.54. The monoisotopic (exact) mass is 267 g/mol. The Morgan fingerprint density at radius 3 is 2.53 bits per heavy atom. The van der Waals surface area contributed by atoms with Crippen LogP contribution in [0.15, 0.2) is 22.7 Å². The Balaban J connectivity index is 2.29. The minimum absolute atomic E-state index is 0.0235. The molecule has 0 aliphatic carbocycles. The van der Waals surface area contributed by atoms with Crippen LogP contribution in [0.2, 0.25) is 0 Å². The van der Waals surface area contributed by atoms with Gasteiger partial charge in [0.15, 0.2) is 0 Å². The minimum atomic E-state index is -0.676. The van der Waals surface area contributed by atoms with Crippen LogP contribution < -0.4 is 5.73 Å². The molecule has 0 saturated heterocycles. The van der Waals surface area contributed by atoms with Gasteiger partial charge in [0.1, 0.15) is 11.6 Å². The van der Waals surface area contributed by atoms with Crippen LogP contribution in [0.25, 0.3) is 11.4 Å². The third-order valence-electron chi connectivity index (χ3n) is 2.83. The van der Waals surface area contributed by atoms with Gasteiger partial charge in [0, 0.05) is 18.2 Å². The molecule has 2 aromatic rings. The van der Waals surface area contributed by atoms with E-state index < -0.39 is 11.6 Å². The average molecular weight is 267 g/mol. The second-order valence-corrected chi connectivity index (χ2v) is 4.34. The summed E-state index contributed by atoms with van der Waals surface area (Å²) in [5.41, 5.74) is 5.89. The Labute approximate surface area is 109 Å². The van der Waals surface area contributed by atoms with Gasteiger partial charge in [0.2, 0.25) is 11.7 Å². The average Bonchev–Trinajstić information content (AvgIpc) is 2.84. The van der Waals surface area contributed by atoms with Crippen molar-refractivity contribution >= 4 is 0 Å². The van der Waals surface area contributed by atoms with Gasteiger partial charge in [-0.05, 0) is 18.6 Å². The number of hydrogen-bond acceptors (Lipinski definition) is 4. The molecule has 6 heteroatoms. The highest BCUT2D eigenvalue weighted by atomic mass is 19.1. The molecule has 0 fully saturated rings. The first-order valence-corrected chi connectivity index (χ1v) is 6.14. The molecule has 0 bridgehead atoms. The van der Waals surface area contributed by atoms with Crippen LogP contribution in [-0.4, -0.2) is 16.7 Å². The molecule has 1 aromatic heterocycles. The topological polar surface area (TPSA) is 64.9 Å². The molecule has 4 nitrogen and oxygen atoms in total. The predicted molar refractivity (Wildman–Crippen MR) is 66.4 cm³/mol. The molecule has 1 atom stereocenters. The molecule has 1 aromatic carbocycles. The zero-order valence-corrected chi connectivity index (χ0v) is 10.6. The maximum atomic E-state index is 13.1. The maximum Gasteiger partial charge on any atom is 0.231 e. The second kappa shape index (κ2) is 5.88. The van der Waals surface area contributed by atoms with E-state index in [1.807, 2.05) is 6.92 Å². The molecule has 19 heavy (non-hydrogen) atoms. The van der Waals surface area contributed by atoms with Crippen molar-refractivity contribution in [1.29, 1.82) is 0 Å². The van der Waals surface area contributed by atoms with Gasteiger partial charge >= 0.3 is 0 Å². The molecule has 102 valence electrons. The summed E-state index contributed by atoms with van der Waals surface area (Å²) in [6.07, 6.45) is 1.77. The van der Waals surface area contributed by atoms with Crippen molar-refractivity contribution < 1.29 is 13.3 Å². The van der Waals surface area contributed by atoms with Crippen molar-refractivity contribution in [2.75, 3.05) is 6.54 Å². The van der Waals surface area contributed by atoms with Crippen molar-refractivity contribution in [3.63, 3.8) is 0 Å². The zero-order valence-electron chi connectivity index (χ0n) is 10.6. The summed E-state index contributed by atoms with van der Waals surface area (Å²) in [6, 6.07) is 3.12. The standard InChI is InChI=1S/C13H15F2N3O/c1-2-3-8(7-16)13-17-12(18-19-13)9-4-10(14)6-11(15)5-9/h4-6,8H,2-3,7,16H2,1H3. The van der Waals surface area contributed by atoms with Crippen molar-refractivity contribution in [3.8, 4) is 11.4 Å². The molecule has 0 aliphatic heterocycles. The maximum absolute atomic E-state index is 13.1. The summed E-state index contributed by atoms with van der Waals surface area (Å²) in [4.78, 5) is 4.16. The number of hydrogen-bond donors (Lipinski definition) is 1. The lowest BCUT2D eigenvalue weighted by molar-refractivity contribution is 0.347. The Kier molecular flexibility index (Phi) is 4.21. The molecule has 1 heterocycles. The quantitative estimate of drug-likeness (QED) is 0.904. The smallest absolute Gasteiger partial charge is 0.231 e. The molecular weight excluding hydrogens is 252 g/mol. The molecule has 2 N–H and O–H groups in total. The first-order chi connectivity index (χ1) is 9.13. The molecule has 0 aliphatic rings. The molecule has 0 amide bonds. The van der Waals surface area contributed by atoms with Crippen LogP contribution in [0.1, 0.15) is 31.6 Å². The Morgan fingerprint density at radius 1 is 1.26 bits per heavy atom. The van der Waals surface area contributed by atoms with Crippen LogP contribution >= 0.6 is 0 Å². The van der Waals surface area contributed by atoms with Crippen LogP contribution in [0.3, 0.4) is 0 Å². The van der Waals surface area contributed by atoms with E-state index in [-0.39, 0.29) is 17.3 Å². The lowest BCUT2D eigenvalue weighted by atomic mass is 10.0. The van der Waals surface area contributed by atoms with E-state index in [2.05, 4.69) is 10.1 Å². The number of rotatable bonds is 5. The summed E-state index contributed by atoms with van der Waals surface area (Å²) >= 11 is 0. The summed E-state index contributed by atoms with van der Waals surface area (Å²) in [7, 11) is 0. The molecule has 1 unspecified atom stereocenters. The zero-order chi connectivity index (χ0) is 13.8. The summed E-state index contributed by atoms with van der Waals surface area (Å²) in [6.45, 7) is 2.43. The first-order valence-electron chi connectivity index (χ1n) is 6.14. The predicted octanol–water partition coefficient (Wildman–Crippen LogP) is 2.86. The fourth-order valence-electron chi connectivity index (χ4n) is 1.89. The fourth-order valence-corrected chi connectivity index (χ4v) is 1.89. The van der Waals surface area contributed by atoms with Crippen LogP contribution in [-0.2, 0) is 0 Å². The van der Waals surface area contributed by atoms with Crippen molar-refractivity contribution in [2.24, 2.45) is 5.73 Å². The molecule has 0 spiro atoms. The van der Waals surface area contributed by atoms with Gasteiger partial charge in [-0.25, -0.2) is 8.78 Å². The molecule has 2 rings (SSSR count). The number of benzene rings is 1. The summed E-state index contributed by atoms with van der Waals surface area (Å²) in [5, 5.41) is 3.74. The SMILES string of the molecule is CCCC(CN)c1nc(-c2cc(F)cc(F)c2)no1. The highest BCUT2D eigenvalue weighted by Crippen LogP contribution is 2.23. The highest BCUT2D eigenvalue weighted by Gasteiger charge is 2.18. The van der Waals surface area contributed by atoms with E-state index in [0.29, 0.717) is 12.4 Å². The number of nitrogens with two attached hydrogens (primary N) is 1. The van der Waals surface area contributed by atoms with Gasteiger partial charge in [0.25, 0.3) is 0 Å². The van der Waals surface area contributed by atoms with E-state index in [9.17, 15) is 8.78 Å². The van der Waals surface area contributed by atoms with Crippen molar-refractivity contribution in [2.45, 2.75) is 25.7 Å². The second-order valence-electron chi connectivity index (χ2n) is 4.34. The lowest BCUT2D eigenvalue weighted by Crippen LogP contribution is -2.12. The number of nitrogens with zero attached hydrogens (tertiary/aromatic N) is 2. The summed E-state index contributed by atoms with van der Waals surface area (Å²) in [5.74, 6) is -0.799. The molecule has 0 radical (unpaired) electrons. The van der Waals surface area contributed by atoms with E-state index in [1.54, 1.807) is 0 Å². The number of aromatic nitrogens is 2. The molecular formula is C13H15F2N3O. The van der Waals surface area contributed by atoms with Gasteiger partial charge in [-0.15, -0.1) is 0 Å². The van der Waals surface area contributed by atoms with Gasteiger partial charge in [-0.2, -0.15) is 4.98 Å². The van der Waals surface area contributed by atoms with Gasteiger partial charge in [-0.1, -0.05) is 18.5 Å². The van der Waals surface area contributed by atoms with Gasteiger partial charge in [-0.3, -0.25) is 0 Å². The van der Waals surface area contributed by atoms with E-state index in [4.69, 9.17) is 10.3 Å². The molecule has 0 saturated carbocycles. The Bertz CT molecular complexity index is 536. The van der Waals surface area contributed by atoms with Crippen LogP contribution in [0.4, 0.5) is 8.78 Å². The third kappa shape index (κ3) is 3.14.